The van der Waals surface area contributed by atoms with E-state index in [9.17, 15) is 4.79 Å². The van der Waals surface area contributed by atoms with Crippen molar-refractivity contribution < 1.29 is 4.79 Å². The molecule has 1 unspecified atom stereocenters. The predicted molar refractivity (Wildman–Crippen MR) is 72.7 cm³/mol. The molecule has 17 heavy (non-hydrogen) atoms. The molecule has 3 heteroatoms. The first-order valence-electron chi connectivity index (χ1n) is 6.25. The lowest BCUT2D eigenvalue weighted by Gasteiger charge is -2.20. The first kappa shape index (κ1) is 11.3. The summed E-state index contributed by atoms with van der Waals surface area (Å²) in [6.45, 7) is 0.869. The van der Waals surface area contributed by atoms with Crippen LogP contribution in [0.4, 0.5) is 5.69 Å². The highest BCUT2D eigenvalue weighted by molar-refractivity contribution is 9.09. The zero-order valence-electron chi connectivity index (χ0n) is 9.73. The van der Waals surface area contributed by atoms with E-state index in [1.807, 2.05) is 11.0 Å². The fraction of sp³-hybridized carbons (Fsp3) is 0.500. The molecule has 1 aliphatic carbocycles. The van der Waals surface area contributed by atoms with Gasteiger partial charge in [-0.05, 0) is 36.3 Å². The third kappa shape index (κ3) is 2.13. The van der Waals surface area contributed by atoms with E-state index in [0.717, 1.165) is 17.6 Å². The molecule has 1 heterocycles. The number of para-hydroxylation sites is 1. The Kier molecular flexibility index (Phi) is 2.95. The Morgan fingerprint density at radius 2 is 2.06 bits per heavy atom. The van der Waals surface area contributed by atoms with Gasteiger partial charge in [0.1, 0.15) is 0 Å². The van der Waals surface area contributed by atoms with E-state index < -0.39 is 0 Å². The van der Waals surface area contributed by atoms with Crippen molar-refractivity contribution in [1.29, 1.82) is 0 Å². The second kappa shape index (κ2) is 4.45. The minimum absolute atomic E-state index is 0.280. The summed E-state index contributed by atoms with van der Waals surface area (Å²) in [7, 11) is 0. The maximum atomic E-state index is 12.0. The summed E-state index contributed by atoms with van der Waals surface area (Å²) in [5, 5.41) is 0.917. The van der Waals surface area contributed by atoms with Gasteiger partial charge in [0, 0.05) is 24.0 Å². The zero-order valence-corrected chi connectivity index (χ0v) is 11.3. The molecule has 0 bridgehead atoms. The van der Waals surface area contributed by atoms with E-state index >= 15 is 0 Å². The highest BCUT2D eigenvalue weighted by atomic mass is 79.9. The van der Waals surface area contributed by atoms with Crippen molar-refractivity contribution in [2.45, 2.75) is 25.2 Å². The molecule has 0 spiro atoms. The number of carbonyl (C=O) groups is 1. The van der Waals surface area contributed by atoms with Crippen molar-refractivity contribution in [3.63, 3.8) is 0 Å². The number of halogens is 1. The zero-order chi connectivity index (χ0) is 11.8. The average molecular weight is 294 g/mol. The lowest BCUT2D eigenvalue weighted by atomic mass is 10.1. The summed E-state index contributed by atoms with van der Waals surface area (Å²) < 4.78 is 0. The fourth-order valence-electron chi connectivity index (χ4n) is 2.59. The van der Waals surface area contributed by atoms with Crippen molar-refractivity contribution >= 4 is 27.5 Å². The molecule has 2 fully saturated rings. The molecule has 2 aliphatic rings. The van der Waals surface area contributed by atoms with E-state index in [0.29, 0.717) is 18.3 Å². The Balaban J connectivity index is 1.91. The summed E-state index contributed by atoms with van der Waals surface area (Å²) >= 11 is 3.48. The van der Waals surface area contributed by atoms with Gasteiger partial charge in [-0.3, -0.25) is 4.79 Å². The molecule has 90 valence electrons. The van der Waals surface area contributed by atoms with E-state index in [-0.39, 0.29) is 5.91 Å². The Hall–Kier alpha value is -0.830. The number of anilines is 1. The number of rotatable bonds is 3. The van der Waals surface area contributed by atoms with Crippen LogP contribution < -0.4 is 4.90 Å². The normalized spacial score (nSPS) is 24.4. The van der Waals surface area contributed by atoms with Crippen molar-refractivity contribution in [2.75, 3.05) is 16.8 Å². The van der Waals surface area contributed by atoms with Crippen LogP contribution >= 0.6 is 15.9 Å². The number of hydrogen-bond donors (Lipinski definition) is 0. The van der Waals surface area contributed by atoms with Gasteiger partial charge in [-0.1, -0.05) is 34.1 Å². The second-order valence-electron chi connectivity index (χ2n) is 5.06. The van der Waals surface area contributed by atoms with Gasteiger partial charge < -0.3 is 4.90 Å². The first-order valence-corrected chi connectivity index (χ1v) is 7.37. The molecule has 2 nitrogen and oxygen atoms in total. The van der Waals surface area contributed by atoms with Crippen LogP contribution in [-0.4, -0.2) is 17.8 Å². The lowest BCUT2D eigenvalue weighted by molar-refractivity contribution is -0.117. The van der Waals surface area contributed by atoms with Crippen LogP contribution in [0.25, 0.3) is 0 Å². The molecule has 1 aromatic rings. The molecule has 0 N–H and O–H groups in total. The summed E-state index contributed by atoms with van der Waals surface area (Å²) in [5.74, 6) is 1.44. The summed E-state index contributed by atoms with van der Waals surface area (Å²) in [6, 6.07) is 8.40. The Morgan fingerprint density at radius 3 is 2.71 bits per heavy atom. The smallest absolute Gasteiger partial charge is 0.227 e. The molecule has 0 radical (unpaired) electrons. The van der Waals surface area contributed by atoms with Gasteiger partial charge >= 0.3 is 0 Å². The molecule has 3 rings (SSSR count). The molecule has 1 saturated heterocycles. The van der Waals surface area contributed by atoms with Crippen LogP contribution in [0.2, 0.25) is 0 Å². The first-order chi connectivity index (χ1) is 8.29. The molecule has 1 amide bonds. The van der Waals surface area contributed by atoms with Crippen LogP contribution in [0.3, 0.4) is 0 Å². The number of benzene rings is 1. The van der Waals surface area contributed by atoms with Gasteiger partial charge in [-0.25, -0.2) is 0 Å². The number of carbonyl (C=O) groups excluding carboxylic acids is 1. The van der Waals surface area contributed by atoms with E-state index in [2.05, 4.69) is 34.1 Å². The fourth-order valence-corrected chi connectivity index (χ4v) is 3.02. The largest absolute Gasteiger partial charge is 0.312 e. The third-order valence-corrected chi connectivity index (χ3v) is 4.58. The standard InChI is InChI=1S/C14H16BrNO/c15-8-10-7-14(17)16(9-10)13-4-2-1-3-12(13)11-5-6-11/h1-4,10-11H,5-9H2. The predicted octanol–water partition coefficient (Wildman–Crippen LogP) is 3.31. The number of nitrogens with zero attached hydrogens (tertiary/aromatic N) is 1. The molecule has 1 aromatic carbocycles. The quantitative estimate of drug-likeness (QED) is 0.783. The highest BCUT2D eigenvalue weighted by Gasteiger charge is 2.34. The van der Waals surface area contributed by atoms with Crippen LogP contribution in [0.1, 0.15) is 30.7 Å². The molecule has 1 aliphatic heterocycles. The summed E-state index contributed by atoms with van der Waals surface area (Å²) in [5.41, 5.74) is 2.53. The molecule has 1 atom stereocenters. The van der Waals surface area contributed by atoms with E-state index in [1.54, 1.807) is 0 Å². The highest BCUT2D eigenvalue weighted by Crippen LogP contribution is 2.45. The molecular weight excluding hydrogens is 278 g/mol. The van der Waals surface area contributed by atoms with Crippen LogP contribution in [-0.2, 0) is 4.79 Å². The van der Waals surface area contributed by atoms with Gasteiger partial charge in [0.05, 0.1) is 0 Å². The Morgan fingerprint density at radius 1 is 1.29 bits per heavy atom. The van der Waals surface area contributed by atoms with Crippen LogP contribution in [0.15, 0.2) is 24.3 Å². The van der Waals surface area contributed by atoms with Gasteiger partial charge in [0.2, 0.25) is 5.91 Å². The van der Waals surface area contributed by atoms with Crippen LogP contribution in [0.5, 0.6) is 0 Å². The third-order valence-electron chi connectivity index (χ3n) is 3.67. The monoisotopic (exact) mass is 293 g/mol. The molecular formula is C14H16BrNO. The van der Waals surface area contributed by atoms with Gasteiger partial charge in [-0.15, -0.1) is 0 Å². The minimum Gasteiger partial charge on any atom is -0.312 e. The second-order valence-corrected chi connectivity index (χ2v) is 5.71. The van der Waals surface area contributed by atoms with Gasteiger partial charge in [0.15, 0.2) is 0 Å². The minimum atomic E-state index is 0.280. The maximum absolute atomic E-state index is 12.0. The number of amides is 1. The lowest BCUT2D eigenvalue weighted by Crippen LogP contribution is -2.25. The van der Waals surface area contributed by atoms with Crippen molar-refractivity contribution in [3.05, 3.63) is 29.8 Å². The van der Waals surface area contributed by atoms with Crippen molar-refractivity contribution in [3.8, 4) is 0 Å². The molecule has 1 saturated carbocycles. The van der Waals surface area contributed by atoms with Gasteiger partial charge in [-0.2, -0.15) is 0 Å². The van der Waals surface area contributed by atoms with E-state index in [4.69, 9.17) is 0 Å². The Bertz CT molecular complexity index is 442. The average Bonchev–Trinajstić information content (AvgIpc) is 3.13. The maximum Gasteiger partial charge on any atom is 0.227 e. The van der Waals surface area contributed by atoms with Crippen molar-refractivity contribution in [1.82, 2.24) is 0 Å². The van der Waals surface area contributed by atoms with Crippen LogP contribution in [0, 0.1) is 5.92 Å². The Labute approximate surface area is 110 Å². The number of hydrogen-bond acceptors (Lipinski definition) is 1. The summed E-state index contributed by atoms with van der Waals surface area (Å²) in [4.78, 5) is 14.0. The molecule has 0 aromatic heterocycles. The van der Waals surface area contributed by atoms with Crippen molar-refractivity contribution in [2.24, 2.45) is 5.92 Å². The SMILES string of the molecule is O=C1CC(CBr)CN1c1ccccc1C1CC1. The topological polar surface area (TPSA) is 20.3 Å². The summed E-state index contributed by atoms with van der Waals surface area (Å²) in [6.07, 6.45) is 3.24. The van der Waals surface area contributed by atoms with Gasteiger partial charge in [0.25, 0.3) is 0 Å². The van der Waals surface area contributed by atoms with E-state index in [1.165, 1.54) is 18.4 Å². The number of alkyl halides is 1.